The molecule has 1 unspecified atom stereocenters. The maximum atomic E-state index is 4.22. The summed E-state index contributed by atoms with van der Waals surface area (Å²) in [6.07, 6.45) is 7.01. The molecule has 0 spiro atoms. The lowest BCUT2D eigenvalue weighted by Crippen LogP contribution is -2.27. The molecule has 0 bridgehead atoms. The molecule has 1 aliphatic heterocycles. The first-order chi connectivity index (χ1) is 9.35. The molecule has 1 aromatic rings. The monoisotopic (exact) mass is 282 g/mol. The summed E-state index contributed by atoms with van der Waals surface area (Å²) in [4.78, 5) is 0. The number of thioether (sulfide) groups is 1. The van der Waals surface area contributed by atoms with Gasteiger partial charge in [0.2, 0.25) is 0 Å². The van der Waals surface area contributed by atoms with Crippen LogP contribution in [-0.4, -0.2) is 33.0 Å². The van der Waals surface area contributed by atoms with Crippen molar-refractivity contribution in [3.63, 3.8) is 0 Å². The van der Waals surface area contributed by atoms with E-state index in [0.717, 1.165) is 25.4 Å². The molecule has 0 aromatic carbocycles. The van der Waals surface area contributed by atoms with Gasteiger partial charge in [-0.2, -0.15) is 11.8 Å². The fourth-order valence-corrected chi connectivity index (χ4v) is 4.00. The van der Waals surface area contributed by atoms with E-state index in [-0.39, 0.29) is 0 Å². The molecule has 0 radical (unpaired) electrons. The van der Waals surface area contributed by atoms with Crippen LogP contribution in [0.25, 0.3) is 0 Å². The average Bonchev–Trinajstić information content (AvgIpc) is 2.88. The minimum Gasteiger partial charge on any atom is -0.309 e. The van der Waals surface area contributed by atoms with Gasteiger partial charge in [-0.3, -0.25) is 0 Å². The van der Waals surface area contributed by atoms with E-state index in [1.807, 2.05) is 6.20 Å². The SMILES string of the molecule is CCCn1nncc1C(CC1CCSCC1)NCC. The van der Waals surface area contributed by atoms with Crippen molar-refractivity contribution >= 4 is 11.8 Å². The van der Waals surface area contributed by atoms with Crippen LogP contribution in [0.3, 0.4) is 0 Å². The summed E-state index contributed by atoms with van der Waals surface area (Å²) in [5.41, 5.74) is 1.27. The van der Waals surface area contributed by atoms with E-state index < -0.39 is 0 Å². The Hall–Kier alpha value is -0.550. The van der Waals surface area contributed by atoms with Gasteiger partial charge >= 0.3 is 0 Å². The smallest absolute Gasteiger partial charge is 0.0756 e. The summed E-state index contributed by atoms with van der Waals surface area (Å²) >= 11 is 2.10. The molecule has 0 saturated carbocycles. The van der Waals surface area contributed by atoms with Crippen LogP contribution < -0.4 is 5.32 Å². The summed E-state index contributed by atoms with van der Waals surface area (Å²) in [6, 6.07) is 0.416. The third-order valence-corrected chi connectivity index (χ3v) is 4.85. The summed E-state index contributed by atoms with van der Waals surface area (Å²) < 4.78 is 2.07. The molecule has 0 amide bonds. The zero-order chi connectivity index (χ0) is 13.5. The minimum atomic E-state index is 0.416. The molecule has 1 aromatic heterocycles. The maximum absolute atomic E-state index is 4.22. The van der Waals surface area contributed by atoms with Crippen molar-refractivity contribution in [2.45, 2.75) is 52.1 Å². The van der Waals surface area contributed by atoms with Crippen molar-refractivity contribution in [2.75, 3.05) is 18.1 Å². The molecule has 0 aliphatic carbocycles. The largest absolute Gasteiger partial charge is 0.309 e. The predicted molar refractivity (Wildman–Crippen MR) is 81.4 cm³/mol. The lowest BCUT2D eigenvalue weighted by molar-refractivity contribution is 0.357. The molecule has 4 nitrogen and oxygen atoms in total. The molecular weight excluding hydrogens is 256 g/mol. The van der Waals surface area contributed by atoms with Gasteiger partial charge in [-0.1, -0.05) is 19.1 Å². The van der Waals surface area contributed by atoms with Crippen LogP contribution in [0.2, 0.25) is 0 Å². The van der Waals surface area contributed by atoms with Gasteiger partial charge in [-0.25, -0.2) is 4.68 Å². The van der Waals surface area contributed by atoms with Crippen LogP contribution in [0.1, 0.15) is 51.3 Å². The van der Waals surface area contributed by atoms with Crippen molar-refractivity contribution < 1.29 is 0 Å². The maximum Gasteiger partial charge on any atom is 0.0756 e. The van der Waals surface area contributed by atoms with Gasteiger partial charge in [-0.05, 0) is 49.7 Å². The van der Waals surface area contributed by atoms with Crippen molar-refractivity contribution in [3.8, 4) is 0 Å². The lowest BCUT2D eigenvalue weighted by Gasteiger charge is -2.27. The molecule has 1 N–H and O–H groups in total. The molecule has 108 valence electrons. The zero-order valence-corrected chi connectivity index (χ0v) is 13.0. The van der Waals surface area contributed by atoms with E-state index in [1.165, 1.54) is 36.5 Å². The number of rotatable bonds is 7. The first kappa shape index (κ1) is 14.9. The Morgan fingerprint density at radius 3 is 2.89 bits per heavy atom. The molecule has 1 atom stereocenters. The van der Waals surface area contributed by atoms with Gasteiger partial charge in [0.1, 0.15) is 0 Å². The van der Waals surface area contributed by atoms with Crippen LogP contribution in [0.15, 0.2) is 6.20 Å². The summed E-state index contributed by atoms with van der Waals surface area (Å²) in [6.45, 7) is 6.34. The van der Waals surface area contributed by atoms with Crippen molar-refractivity contribution in [1.82, 2.24) is 20.3 Å². The van der Waals surface area contributed by atoms with Crippen molar-refractivity contribution in [3.05, 3.63) is 11.9 Å². The first-order valence-corrected chi connectivity index (χ1v) is 8.70. The van der Waals surface area contributed by atoms with E-state index in [0.29, 0.717) is 6.04 Å². The Morgan fingerprint density at radius 1 is 1.42 bits per heavy atom. The highest BCUT2D eigenvalue weighted by atomic mass is 32.2. The van der Waals surface area contributed by atoms with Crippen LogP contribution in [0.4, 0.5) is 0 Å². The predicted octanol–water partition coefficient (Wildman–Crippen LogP) is 2.87. The van der Waals surface area contributed by atoms with Gasteiger partial charge in [0.15, 0.2) is 0 Å². The Morgan fingerprint density at radius 2 is 2.21 bits per heavy atom. The van der Waals surface area contributed by atoms with E-state index in [4.69, 9.17) is 0 Å². The molecule has 19 heavy (non-hydrogen) atoms. The van der Waals surface area contributed by atoms with Crippen LogP contribution in [-0.2, 0) is 6.54 Å². The van der Waals surface area contributed by atoms with Crippen molar-refractivity contribution in [1.29, 1.82) is 0 Å². The second-order valence-corrected chi connectivity index (χ2v) is 6.51. The van der Waals surface area contributed by atoms with Crippen LogP contribution in [0, 0.1) is 5.92 Å². The van der Waals surface area contributed by atoms with E-state index >= 15 is 0 Å². The third kappa shape index (κ3) is 4.21. The van der Waals surface area contributed by atoms with Crippen LogP contribution in [0.5, 0.6) is 0 Å². The fourth-order valence-electron chi connectivity index (χ4n) is 2.79. The first-order valence-electron chi connectivity index (χ1n) is 7.54. The molecule has 2 rings (SSSR count). The molecule has 1 saturated heterocycles. The van der Waals surface area contributed by atoms with Gasteiger partial charge in [0.05, 0.1) is 17.9 Å². The fraction of sp³-hybridized carbons (Fsp3) is 0.857. The van der Waals surface area contributed by atoms with Crippen molar-refractivity contribution in [2.24, 2.45) is 5.92 Å². The summed E-state index contributed by atoms with van der Waals surface area (Å²) in [5.74, 6) is 3.52. The van der Waals surface area contributed by atoms with Gasteiger partial charge < -0.3 is 5.32 Å². The summed E-state index contributed by atoms with van der Waals surface area (Å²) in [5, 5.41) is 12.0. The number of hydrogen-bond acceptors (Lipinski definition) is 4. The van der Waals surface area contributed by atoms with E-state index in [1.54, 1.807) is 0 Å². The molecule has 5 heteroatoms. The second kappa shape index (κ2) is 7.90. The Balaban J connectivity index is 2.02. The zero-order valence-electron chi connectivity index (χ0n) is 12.1. The number of nitrogens with one attached hydrogen (secondary N) is 1. The van der Waals surface area contributed by atoms with E-state index in [9.17, 15) is 0 Å². The van der Waals surface area contributed by atoms with Gasteiger partial charge in [0.25, 0.3) is 0 Å². The Labute approximate surface area is 120 Å². The number of aromatic nitrogens is 3. The van der Waals surface area contributed by atoms with Crippen LogP contribution >= 0.6 is 11.8 Å². The highest BCUT2D eigenvalue weighted by molar-refractivity contribution is 7.99. The Bertz CT molecular complexity index is 360. The lowest BCUT2D eigenvalue weighted by atomic mass is 9.93. The average molecular weight is 282 g/mol. The molecule has 2 heterocycles. The second-order valence-electron chi connectivity index (χ2n) is 5.28. The Kier molecular flexibility index (Phi) is 6.17. The highest BCUT2D eigenvalue weighted by Crippen LogP contribution is 2.30. The molecule has 1 fully saturated rings. The number of aryl methyl sites for hydroxylation is 1. The quantitative estimate of drug-likeness (QED) is 0.835. The number of nitrogens with zero attached hydrogens (tertiary/aromatic N) is 3. The standard InChI is InChI=1S/C14H26N4S/c1-3-7-18-14(11-16-17-18)13(15-4-2)10-12-5-8-19-9-6-12/h11-13,15H,3-10H2,1-2H3. The highest BCUT2D eigenvalue weighted by Gasteiger charge is 2.22. The topological polar surface area (TPSA) is 42.7 Å². The number of hydrogen-bond donors (Lipinski definition) is 1. The minimum absolute atomic E-state index is 0.416. The molecule has 1 aliphatic rings. The third-order valence-electron chi connectivity index (χ3n) is 3.80. The summed E-state index contributed by atoms with van der Waals surface area (Å²) in [7, 11) is 0. The normalized spacial score (nSPS) is 18.6. The molecular formula is C14H26N4S. The van der Waals surface area contributed by atoms with Gasteiger partial charge in [0, 0.05) is 6.54 Å². The van der Waals surface area contributed by atoms with E-state index in [2.05, 4.69) is 45.9 Å². The van der Waals surface area contributed by atoms with Gasteiger partial charge in [-0.15, -0.1) is 5.10 Å².